The molecule has 2 rings (SSSR count). The number of sulfonamides is 1. The zero-order valence-corrected chi connectivity index (χ0v) is 12.2. The van der Waals surface area contributed by atoms with Gasteiger partial charge in [-0.2, -0.15) is 0 Å². The van der Waals surface area contributed by atoms with Crippen LogP contribution in [0.15, 0.2) is 23.1 Å². The van der Waals surface area contributed by atoms with Crippen molar-refractivity contribution in [3.8, 4) is 0 Å². The van der Waals surface area contributed by atoms with Gasteiger partial charge in [-0.15, -0.1) is 0 Å². The monoisotopic (exact) mass is 315 g/mol. The Morgan fingerprint density at radius 1 is 1.50 bits per heavy atom. The number of nitrogens with two attached hydrogens (primary N) is 1. The highest BCUT2D eigenvalue weighted by molar-refractivity contribution is 8.14. The van der Waals surface area contributed by atoms with E-state index in [1.165, 1.54) is 12.1 Å². The summed E-state index contributed by atoms with van der Waals surface area (Å²) in [6.07, 6.45) is 0. The average molecular weight is 315 g/mol. The van der Waals surface area contributed by atoms with Crippen molar-refractivity contribution in [2.45, 2.75) is 17.9 Å². The van der Waals surface area contributed by atoms with E-state index in [9.17, 15) is 18.0 Å². The molecular weight excluding hydrogens is 302 g/mol. The van der Waals surface area contributed by atoms with Gasteiger partial charge in [0.15, 0.2) is 0 Å². The van der Waals surface area contributed by atoms with Crippen molar-refractivity contribution in [3.63, 3.8) is 0 Å². The van der Waals surface area contributed by atoms with Gasteiger partial charge in [-0.3, -0.25) is 9.59 Å². The molecule has 0 radical (unpaired) electrons. The molecule has 1 aliphatic heterocycles. The SMILES string of the molecule is Cc1ccc(S(N)(=O)=O)cc1NC(=O)C1CSC(=O)N1. The normalized spacial score (nSPS) is 18.7. The van der Waals surface area contributed by atoms with Crippen LogP contribution < -0.4 is 15.8 Å². The highest BCUT2D eigenvalue weighted by Gasteiger charge is 2.28. The molecule has 1 atom stereocenters. The Bertz CT molecular complexity index is 672. The maximum Gasteiger partial charge on any atom is 0.279 e. The van der Waals surface area contributed by atoms with Crippen LogP contribution in [0.1, 0.15) is 5.56 Å². The third-order valence-electron chi connectivity index (χ3n) is 2.79. The van der Waals surface area contributed by atoms with Crippen LogP contribution in [0, 0.1) is 6.92 Å². The molecule has 1 aliphatic rings. The lowest BCUT2D eigenvalue weighted by atomic mass is 10.2. The van der Waals surface area contributed by atoms with Crippen LogP contribution in [-0.4, -0.2) is 31.4 Å². The predicted molar refractivity (Wildman–Crippen MR) is 76.0 cm³/mol. The summed E-state index contributed by atoms with van der Waals surface area (Å²) in [5.74, 6) is -0.0449. The molecule has 1 heterocycles. The van der Waals surface area contributed by atoms with Crippen molar-refractivity contribution in [2.24, 2.45) is 5.14 Å². The lowest BCUT2D eigenvalue weighted by molar-refractivity contribution is -0.117. The summed E-state index contributed by atoms with van der Waals surface area (Å²) in [5.41, 5.74) is 1.05. The number of anilines is 1. The fraction of sp³-hybridized carbons (Fsp3) is 0.273. The quantitative estimate of drug-likeness (QED) is 0.746. The minimum absolute atomic E-state index is 0.0803. The molecule has 0 spiro atoms. The van der Waals surface area contributed by atoms with Crippen molar-refractivity contribution in [1.82, 2.24) is 5.32 Å². The van der Waals surface area contributed by atoms with Crippen molar-refractivity contribution >= 4 is 38.6 Å². The average Bonchev–Trinajstić information content (AvgIpc) is 2.77. The fourth-order valence-corrected chi connectivity index (χ4v) is 2.98. The predicted octanol–water partition coefficient (Wildman–Crippen LogP) is 0.406. The van der Waals surface area contributed by atoms with Crippen molar-refractivity contribution in [3.05, 3.63) is 23.8 Å². The molecule has 20 heavy (non-hydrogen) atoms. The highest BCUT2D eigenvalue weighted by atomic mass is 32.2. The van der Waals surface area contributed by atoms with E-state index in [0.29, 0.717) is 17.0 Å². The summed E-state index contributed by atoms with van der Waals surface area (Å²) < 4.78 is 22.6. The maximum atomic E-state index is 12.0. The van der Waals surface area contributed by atoms with E-state index in [0.717, 1.165) is 11.8 Å². The third-order valence-corrected chi connectivity index (χ3v) is 4.58. The molecule has 0 bridgehead atoms. The standard InChI is InChI=1S/C11H13N3O4S2/c1-6-2-3-7(20(12,17)18)4-8(6)13-10(15)9-5-19-11(16)14-9/h2-4,9H,5H2,1H3,(H,13,15)(H,14,16)(H2,12,17,18). The molecule has 4 N–H and O–H groups in total. The van der Waals surface area contributed by atoms with Gasteiger partial charge < -0.3 is 10.6 Å². The van der Waals surface area contributed by atoms with Crippen LogP contribution in [0.4, 0.5) is 10.5 Å². The minimum Gasteiger partial charge on any atom is -0.334 e. The molecule has 108 valence electrons. The van der Waals surface area contributed by atoms with E-state index in [1.54, 1.807) is 13.0 Å². The van der Waals surface area contributed by atoms with E-state index < -0.39 is 22.0 Å². The zero-order chi connectivity index (χ0) is 14.9. The number of aryl methyl sites for hydroxylation is 1. The fourth-order valence-electron chi connectivity index (χ4n) is 1.66. The molecular formula is C11H13N3O4S2. The molecule has 9 heteroatoms. The van der Waals surface area contributed by atoms with Gasteiger partial charge in [0.1, 0.15) is 6.04 Å². The van der Waals surface area contributed by atoms with Gasteiger partial charge in [0.25, 0.3) is 5.24 Å². The number of hydrogen-bond acceptors (Lipinski definition) is 5. The molecule has 2 amide bonds. The molecule has 1 aromatic rings. The van der Waals surface area contributed by atoms with Crippen LogP contribution in [0.25, 0.3) is 0 Å². The first-order chi connectivity index (χ1) is 9.27. The molecule has 7 nitrogen and oxygen atoms in total. The van der Waals surface area contributed by atoms with E-state index >= 15 is 0 Å². The smallest absolute Gasteiger partial charge is 0.279 e. The van der Waals surface area contributed by atoms with Gasteiger partial charge in [0.2, 0.25) is 15.9 Å². The molecule has 1 saturated heterocycles. The largest absolute Gasteiger partial charge is 0.334 e. The van der Waals surface area contributed by atoms with Gasteiger partial charge in [-0.1, -0.05) is 17.8 Å². The van der Waals surface area contributed by atoms with Crippen LogP contribution in [-0.2, 0) is 14.8 Å². The molecule has 0 saturated carbocycles. The van der Waals surface area contributed by atoms with Gasteiger partial charge in [0, 0.05) is 11.4 Å². The molecule has 1 unspecified atom stereocenters. The topological polar surface area (TPSA) is 118 Å². The number of primary sulfonamides is 1. The van der Waals surface area contributed by atoms with Crippen molar-refractivity contribution in [2.75, 3.05) is 11.1 Å². The minimum atomic E-state index is -3.83. The van der Waals surface area contributed by atoms with Gasteiger partial charge >= 0.3 is 0 Å². The van der Waals surface area contributed by atoms with Crippen LogP contribution in [0.3, 0.4) is 0 Å². The van der Waals surface area contributed by atoms with Gasteiger partial charge in [0.05, 0.1) is 4.90 Å². The van der Waals surface area contributed by atoms with E-state index in [2.05, 4.69) is 10.6 Å². The first kappa shape index (κ1) is 14.8. The maximum absolute atomic E-state index is 12.0. The summed E-state index contributed by atoms with van der Waals surface area (Å²) in [5, 5.41) is 9.90. The highest BCUT2D eigenvalue weighted by Crippen LogP contribution is 2.21. The van der Waals surface area contributed by atoms with Crippen molar-refractivity contribution < 1.29 is 18.0 Å². The molecule has 1 fully saturated rings. The summed E-state index contributed by atoms with van der Waals surface area (Å²) in [6, 6.07) is 3.60. The number of benzene rings is 1. The third kappa shape index (κ3) is 3.30. The van der Waals surface area contributed by atoms with E-state index in [1.807, 2.05) is 0 Å². The van der Waals surface area contributed by atoms with Gasteiger partial charge in [-0.25, -0.2) is 13.6 Å². The first-order valence-corrected chi connectivity index (χ1v) is 8.18. The zero-order valence-electron chi connectivity index (χ0n) is 10.5. The second-order valence-corrected chi connectivity index (χ2v) is 6.86. The second kappa shape index (κ2) is 5.43. The molecule has 1 aromatic carbocycles. The van der Waals surface area contributed by atoms with E-state index in [-0.39, 0.29) is 10.1 Å². The number of rotatable bonds is 3. The van der Waals surface area contributed by atoms with Gasteiger partial charge in [-0.05, 0) is 24.6 Å². The Morgan fingerprint density at radius 2 is 2.20 bits per heavy atom. The number of amides is 2. The lowest BCUT2D eigenvalue weighted by Crippen LogP contribution is -2.38. The van der Waals surface area contributed by atoms with Crippen LogP contribution >= 0.6 is 11.8 Å². The van der Waals surface area contributed by atoms with Crippen molar-refractivity contribution in [1.29, 1.82) is 0 Å². The molecule has 0 aromatic heterocycles. The number of thioether (sulfide) groups is 1. The van der Waals surface area contributed by atoms with Crippen LogP contribution in [0.5, 0.6) is 0 Å². The summed E-state index contributed by atoms with van der Waals surface area (Å²) in [4.78, 5) is 22.9. The number of carbonyl (C=O) groups excluding carboxylic acids is 2. The Kier molecular flexibility index (Phi) is 4.02. The van der Waals surface area contributed by atoms with Crippen LogP contribution in [0.2, 0.25) is 0 Å². The Labute approximate surface area is 120 Å². The Morgan fingerprint density at radius 3 is 2.75 bits per heavy atom. The Balaban J connectivity index is 2.20. The lowest BCUT2D eigenvalue weighted by Gasteiger charge is -2.13. The summed E-state index contributed by atoms with van der Waals surface area (Å²) in [6.45, 7) is 1.73. The first-order valence-electron chi connectivity index (χ1n) is 5.65. The Hall–Kier alpha value is -1.58. The molecule has 0 aliphatic carbocycles. The summed E-state index contributed by atoms with van der Waals surface area (Å²) in [7, 11) is -3.83. The number of carbonyl (C=O) groups is 2. The number of nitrogens with one attached hydrogen (secondary N) is 2. The summed E-state index contributed by atoms with van der Waals surface area (Å²) >= 11 is 1.03. The van der Waals surface area contributed by atoms with E-state index in [4.69, 9.17) is 5.14 Å². The second-order valence-electron chi connectivity index (χ2n) is 4.31. The number of hydrogen-bond donors (Lipinski definition) is 3.